The number of rotatable bonds is 7. The van der Waals surface area contributed by atoms with Gasteiger partial charge in [0.1, 0.15) is 23.0 Å². The Labute approximate surface area is 214 Å². The van der Waals surface area contributed by atoms with Crippen molar-refractivity contribution in [2.45, 2.75) is 0 Å². The third kappa shape index (κ3) is 7.50. The standard InChI is InChI=1S/C20H18N2O5P.C7H5NO/c1-24-17-3-7-19(8-4-17)26-28(23,22-13-11-16(15-21)12-14-22)27-20-9-5-18(25-2)6-10-20;8-5-6-1-3-7(9)4-2-6/h3-14H,1-2H3;1-4,9H/q+1;/p-1. The second-order valence-corrected chi connectivity index (χ2v) is 8.98. The van der Waals surface area contributed by atoms with Gasteiger partial charge in [-0.25, -0.2) is 0 Å². The van der Waals surface area contributed by atoms with Gasteiger partial charge in [-0.15, -0.1) is 5.75 Å². The SMILES string of the molecule is COc1ccc(OP(=O)(Oc2ccc(OC)cc2)[n+]2ccc(C#N)cc2)cc1.N#Cc1ccc([O-])cc1. The highest BCUT2D eigenvalue weighted by atomic mass is 31.2. The molecule has 3 aromatic carbocycles. The van der Waals surface area contributed by atoms with E-state index in [0.717, 1.165) is 0 Å². The first-order chi connectivity index (χ1) is 17.9. The highest BCUT2D eigenvalue weighted by Gasteiger charge is 2.42. The number of methoxy groups -OCH3 is 2. The van der Waals surface area contributed by atoms with Crippen LogP contribution in [0.1, 0.15) is 11.1 Å². The molecule has 1 aromatic heterocycles. The fourth-order valence-electron chi connectivity index (χ4n) is 2.84. The third-order valence-corrected chi connectivity index (χ3v) is 6.48. The molecular weight excluding hydrogens is 493 g/mol. The molecular formula is C27H22N3O6P. The van der Waals surface area contributed by atoms with Crippen molar-refractivity contribution in [3.05, 3.63) is 108 Å². The highest BCUT2D eigenvalue weighted by Crippen LogP contribution is 2.44. The zero-order valence-electron chi connectivity index (χ0n) is 20.0. The fourth-order valence-corrected chi connectivity index (χ4v) is 4.30. The van der Waals surface area contributed by atoms with Crippen LogP contribution in [0.4, 0.5) is 0 Å². The Hall–Kier alpha value is -4.98. The number of nitrogens with zero attached hydrogens (tertiary/aromatic N) is 3. The number of nitriles is 2. The Morgan fingerprint density at radius 3 is 1.41 bits per heavy atom. The van der Waals surface area contributed by atoms with Gasteiger partial charge in [-0.2, -0.15) is 15.1 Å². The summed E-state index contributed by atoms with van der Waals surface area (Å²) in [6.45, 7) is 0. The van der Waals surface area contributed by atoms with Gasteiger partial charge in [0.25, 0.3) is 0 Å². The summed E-state index contributed by atoms with van der Waals surface area (Å²) in [5.41, 5.74) is 0.950. The Kier molecular flexibility index (Phi) is 9.10. The van der Waals surface area contributed by atoms with Crippen molar-refractivity contribution in [1.29, 1.82) is 10.5 Å². The average molecular weight is 515 g/mol. The van der Waals surface area contributed by atoms with Gasteiger partial charge in [-0.05, 0) is 60.7 Å². The lowest BCUT2D eigenvalue weighted by Gasteiger charge is -2.14. The quantitative estimate of drug-likeness (QED) is 0.327. The zero-order valence-corrected chi connectivity index (χ0v) is 20.9. The molecule has 37 heavy (non-hydrogen) atoms. The fraction of sp³-hybridized carbons (Fsp3) is 0.0741. The Balaban J connectivity index is 0.000000356. The van der Waals surface area contributed by atoms with E-state index in [-0.39, 0.29) is 5.75 Å². The Morgan fingerprint density at radius 2 is 1.03 bits per heavy atom. The molecule has 1 heterocycles. The van der Waals surface area contributed by atoms with Crippen LogP contribution < -0.4 is 28.0 Å². The maximum atomic E-state index is 13.6. The van der Waals surface area contributed by atoms with Crippen molar-refractivity contribution in [3.8, 4) is 40.9 Å². The van der Waals surface area contributed by atoms with Crippen LogP contribution in [0.25, 0.3) is 0 Å². The average Bonchev–Trinajstić information content (AvgIpc) is 2.94. The van der Waals surface area contributed by atoms with Crippen molar-refractivity contribution >= 4 is 7.75 Å². The summed E-state index contributed by atoms with van der Waals surface area (Å²) in [6.07, 6.45) is 2.96. The predicted molar refractivity (Wildman–Crippen MR) is 132 cm³/mol. The van der Waals surface area contributed by atoms with Gasteiger partial charge >= 0.3 is 7.75 Å². The highest BCUT2D eigenvalue weighted by molar-refractivity contribution is 7.47. The molecule has 0 spiro atoms. The molecule has 0 saturated heterocycles. The maximum absolute atomic E-state index is 13.6. The van der Waals surface area contributed by atoms with Crippen LogP contribution in [0, 0.1) is 22.7 Å². The van der Waals surface area contributed by atoms with E-state index in [1.165, 1.54) is 53.1 Å². The summed E-state index contributed by atoms with van der Waals surface area (Å²) in [5, 5.41) is 27.7. The third-order valence-electron chi connectivity index (χ3n) is 4.77. The molecule has 4 aromatic rings. The smallest absolute Gasteiger partial charge is 0.728 e. The lowest BCUT2D eigenvalue weighted by atomic mass is 10.2. The first-order valence-corrected chi connectivity index (χ1v) is 12.3. The lowest BCUT2D eigenvalue weighted by molar-refractivity contribution is -0.536. The summed E-state index contributed by atoms with van der Waals surface area (Å²) in [6, 6.07) is 26.0. The molecule has 0 aliphatic rings. The second-order valence-electron chi connectivity index (χ2n) is 7.22. The molecule has 0 amide bonds. The molecule has 0 N–H and O–H groups in total. The van der Waals surface area contributed by atoms with E-state index in [1.807, 2.05) is 12.1 Å². The van der Waals surface area contributed by atoms with E-state index < -0.39 is 7.75 Å². The van der Waals surface area contributed by atoms with Crippen molar-refractivity contribution in [2.75, 3.05) is 14.2 Å². The topological polar surface area (TPSA) is 129 Å². The molecule has 0 atom stereocenters. The molecule has 4 rings (SSSR count). The lowest BCUT2D eigenvalue weighted by Crippen LogP contribution is -2.35. The van der Waals surface area contributed by atoms with Gasteiger partial charge in [-0.1, -0.05) is 16.5 Å². The predicted octanol–water partition coefficient (Wildman–Crippen LogP) is 4.61. The summed E-state index contributed by atoms with van der Waals surface area (Å²) >= 11 is 0. The van der Waals surface area contributed by atoms with E-state index in [1.54, 1.807) is 62.8 Å². The number of aromatic nitrogens is 1. The van der Waals surface area contributed by atoms with Crippen LogP contribution >= 0.6 is 7.75 Å². The van der Waals surface area contributed by atoms with Gasteiger partial charge in [0.2, 0.25) is 0 Å². The first kappa shape index (κ1) is 26.6. The molecule has 9 nitrogen and oxygen atoms in total. The summed E-state index contributed by atoms with van der Waals surface area (Å²) in [7, 11) is -0.756. The number of hydrogen-bond acceptors (Lipinski definition) is 8. The van der Waals surface area contributed by atoms with Crippen LogP contribution in [-0.4, -0.2) is 14.2 Å². The summed E-state index contributed by atoms with van der Waals surface area (Å²) in [4.78, 5) is 0. The van der Waals surface area contributed by atoms with E-state index in [9.17, 15) is 9.67 Å². The molecule has 0 radical (unpaired) electrons. The molecule has 0 bridgehead atoms. The van der Waals surface area contributed by atoms with Gasteiger partial charge in [-0.3, -0.25) is 0 Å². The van der Waals surface area contributed by atoms with Gasteiger partial charge in [0.05, 0.1) is 37.5 Å². The number of pyridine rings is 1. The molecule has 186 valence electrons. The number of benzene rings is 3. The maximum Gasteiger partial charge on any atom is 0.728 e. The van der Waals surface area contributed by atoms with Crippen molar-refractivity contribution in [2.24, 2.45) is 0 Å². The van der Waals surface area contributed by atoms with E-state index >= 15 is 0 Å². The van der Waals surface area contributed by atoms with Gasteiger partial charge in [0.15, 0.2) is 12.4 Å². The summed E-state index contributed by atoms with van der Waals surface area (Å²) in [5.74, 6) is 1.91. The molecule has 0 unspecified atom stereocenters. The molecule has 0 saturated carbocycles. The van der Waals surface area contributed by atoms with Crippen molar-refractivity contribution < 1.29 is 32.5 Å². The van der Waals surface area contributed by atoms with Crippen molar-refractivity contribution in [3.63, 3.8) is 0 Å². The minimum absolute atomic E-state index is 0.0611. The molecule has 10 heteroatoms. The van der Waals surface area contributed by atoms with E-state index in [2.05, 4.69) is 0 Å². The first-order valence-electron chi connectivity index (χ1n) is 10.8. The Bertz CT molecular complexity index is 1370. The number of ether oxygens (including phenoxy) is 2. The second kappa shape index (κ2) is 12.6. The molecule has 0 aliphatic carbocycles. The van der Waals surface area contributed by atoms with Crippen molar-refractivity contribution in [1.82, 2.24) is 0 Å². The molecule has 0 fully saturated rings. The van der Waals surface area contributed by atoms with E-state index in [0.29, 0.717) is 34.1 Å². The largest absolute Gasteiger partial charge is 0.872 e. The molecule has 0 aliphatic heterocycles. The summed E-state index contributed by atoms with van der Waals surface area (Å²) < 4.78 is 36.7. The monoisotopic (exact) mass is 515 g/mol. The van der Waals surface area contributed by atoms with Crippen LogP contribution in [-0.2, 0) is 4.57 Å². The van der Waals surface area contributed by atoms with Gasteiger partial charge < -0.3 is 23.6 Å². The number of hydrogen-bond donors (Lipinski definition) is 0. The normalized spacial score (nSPS) is 10.1. The zero-order chi connectivity index (χ0) is 26.7. The van der Waals surface area contributed by atoms with Crippen LogP contribution in [0.5, 0.6) is 28.7 Å². The van der Waals surface area contributed by atoms with E-state index in [4.69, 9.17) is 29.0 Å². The minimum Gasteiger partial charge on any atom is -0.872 e. The minimum atomic E-state index is -3.87. The van der Waals surface area contributed by atoms with Gasteiger partial charge in [0, 0.05) is 12.1 Å². The Morgan fingerprint density at radius 1 is 0.649 bits per heavy atom. The van der Waals surface area contributed by atoms with Crippen LogP contribution in [0.2, 0.25) is 0 Å². The van der Waals surface area contributed by atoms with Crippen LogP contribution in [0.3, 0.4) is 0 Å². The van der Waals surface area contributed by atoms with Crippen LogP contribution in [0.15, 0.2) is 97.3 Å².